The van der Waals surface area contributed by atoms with E-state index in [1.165, 1.54) is 11.3 Å². The Hall–Kier alpha value is -3.18. The Bertz CT molecular complexity index is 1010. The van der Waals surface area contributed by atoms with E-state index >= 15 is 0 Å². The van der Waals surface area contributed by atoms with Gasteiger partial charge in [-0.3, -0.25) is 15.1 Å². The van der Waals surface area contributed by atoms with E-state index < -0.39 is 5.60 Å². The predicted molar refractivity (Wildman–Crippen MR) is 140 cm³/mol. The Kier molecular flexibility index (Phi) is 10.1. The normalized spacial score (nSPS) is 14.6. The maximum Gasteiger partial charge on any atom is 0.410 e. The van der Waals surface area contributed by atoms with Gasteiger partial charge in [-0.2, -0.15) is 5.10 Å². The van der Waals surface area contributed by atoms with Crippen LogP contribution in [0.2, 0.25) is 0 Å². The molecule has 0 unspecified atom stereocenters. The lowest BCUT2D eigenvalue weighted by Crippen LogP contribution is -2.50. The lowest BCUT2D eigenvalue weighted by Gasteiger charge is -2.35. The lowest BCUT2D eigenvalue weighted by atomic mass is 10.2. The van der Waals surface area contributed by atoms with Gasteiger partial charge in [0.15, 0.2) is 0 Å². The van der Waals surface area contributed by atoms with Crippen LogP contribution in [0.25, 0.3) is 0 Å². The number of carbonyl (C=O) groups is 2. The van der Waals surface area contributed by atoms with Gasteiger partial charge < -0.3 is 19.1 Å². The lowest BCUT2D eigenvalue weighted by molar-refractivity contribution is -0.142. The number of hydrogen-bond acceptors (Lipinski definition) is 10. The minimum absolute atomic E-state index is 0.152. The highest BCUT2D eigenvalue weighted by molar-refractivity contribution is 7.13. The monoisotopic (exact) mass is 517 g/mol. The summed E-state index contributed by atoms with van der Waals surface area (Å²) >= 11 is 1.38. The summed E-state index contributed by atoms with van der Waals surface area (Å²) < 4.78 is 16.2. The number of benzene rings is 1. The summed E-state index contributed by atoms with van der Waals surface area (Å²) in [7, 11) is 0. The van der Waals surface area contributed by atoms with Crippen molar-refractivity contribution >= 4 is 34.7 Å². The number of thiazole rings is 1. The van der Waals surface area contributed by atoms with Gasteiger partial charge in [0.25, 0.3) is 0 Å². The van der Waals surface area contributed by atoms with E-state index in [2.05, 4.69) is 20.4 Å². The maximum absolute atomic E-state index is 12.2. The van der Waals surface area contributed by atoms with Crippen LogP contribution < -0.4 is 10.2 Å². The maximum atomic E-state index is 12.2. The van der Waals surface area contributed by atoms with Crippen LogP contribution in [-0.2, 0) is 20.7 Å². The molecule has 1 fully saturated rings. The number of esters is 1. The summed E-state index contributed by atoms with van der Waals surface area (Å²) in [4.78, 5) is 32.1. The number of hydrazone groups is 1. The van der Waals surface area contributed by atoms with Crippen molar-refractivity contribution in [3.8, 4) is 5.75 Å². The number of nitrogens with zero attached hydrogens (tertiary/aromatic N) is 4. The number of anilines is 1. The molecule has 2 heterocycles. The highest BCUT2D eigenvalue weighted by Crippen LogP contribution is 2.17. The highest BCUT2D eigenvalue weighted by atomic mass is 32.1. The number of carbonyl (C=O) groups excluding carboxylic acids is 2. The molecule has 0 spiro atoms. The second-order valence-electron chi connectivity index (χ2n) is 9.22. The Morgan fingerprint density at radius 2 is 1.89 bits per heavy atom. The van der Waals surface area contributed by atoms with Gasteiger partial charge >= 0.3 is 12.1 Å². The van der Waals surface area contributed by atoms with Crippen molar-refractivity contribution < 1.29 is 23.8 Å². The average molecular weight is 518 g/mol. The molecular formula is C25H35N5O5S. The molecule has 2 aromatic rings. The molecule has 1 aliphatic rings. The van der Waals surface area contributed by atoms with E-state index in [1.807, 2.05) is 50.4 Å². The van der Waals surface area contributed by atoms with Gasteiger partial charge in [0.1, 0.15) is 18.0 Å². The predicted octanol–water partition coefficient (Wildman–Crippen LogP) is 3.63. The van der Waals surface area contributed by atoms with Crippen molar-refractivity contribution in [2.75, 3.05) is 51.4 Å². The van der Waals surface area contributed by atoms with E-state index in [-0.39, 0.29) is 18.5 Å². The molecule has 1 saturated heterocycles. The first-order valence-corrected chi connectivity index (χ1v) is 12.9. The fraction of sp³-hybridized carbons (Fsp3) is 0.520. The topological polar surface area (TPSA) is 106 Å². The van der Waals surface area contributed by atoms with E-state index in [4.69, 9.17) is 14.2 Å². The molecule has 1 amide bonds. The SMILES string of the molecule is CCOC(=O)Cc1csc(NN=Cc2ccc(OCCN3CCN(C(=O)OC(C)(C)C)CC3)cc2)n1. The van der Waals surface area contributed by atoms with Gasteiger partial charge in [0.05, 0.1) is 24.9 Å². The number of nitrogens with one attached hydrogen (secondary N) is 1. The third-order valence-corrected chi connectivity index (χ3v) is 5.93. The second kappa shape index (κ2) is 13.2. The summed E-state index contributed by atoms with van der Waals surface area (Å²) in [5.41, 5.74) is 3.97. The van der Waals surface area contributed by atoms with Crippen LogP contribution in [0, 0.1) is 0 Å². The Balaban J connectivity index is 1.34. The zero-order chi connectivity index (χ0) is 26.0. The van der Waals surface area contributed by atoms with Gasteiger partial charge in [0, 0.05) is 38.1 Å². The zero-order valence-electron chi connectivity index (χ0n) is 21.4. The first-order valence-electron chi connectivity index (χ1n) is 12.0. The number of amides is 1. The highest BCUT2D eigenvalue weighted by Gasteiger charge is 2.25. The van der Waals surface area contributed by atoms with Crippen molar-refractivity contribution in [3.63, 3.8) is 0 Å². The summed E-state index contributed by atoms with van der Waals surface area (Å²) in [6, 6.07) is 7.66. The molecule has 196 valence electrons. The fourth-order valence-electron chi connectivity index (χ4n) is 3.38. The summed E-state index contributed by atoms with van der Waals surface area (Å²) in [6.07, 6.45) is 1.60. The molecule has 0 radical (unpaired) electrons. The molecular weight excluding hydrogens is 482 g/mol. The molecule has 36 heavy (non-hydrogen) atoms. The number of hydrogen-bond donors (Lipinski definition) is 1. The molecule has 11 heteroatoms. The Morgan fingerprint density at radius 1 is 1.17 bits per heavy atom. The van der Waals surface area contributed by atoms with Crippen LogP contribution in [0.3, 0.4) is 0 Å². The smallest absolute Gasteiger partial charge is 0.410 e. The van der Waals surface area contributed by atoms with Crippen molar-refractivity contribution in [2.45, 2.75) is 39.7 Å². The molecule has 1 aromatic heterocycles. The molecule has 1 N–H and O–H groups in total. The Morgan fingerprint density at radius 3 is 2.56 bits per heavy atom. The summed E-state index contributed by atoms with van der Waals surface area (Å²) in [5, 5.41) is 6.62. The average Bonchev–Trinajstić information content (AvgIpc) is 3.26. The minimum Gasteiger partial charge on any atom is -0.492 e. The van der Waals surface area contributed by atoms with Crippen LogP contribution in [0.15, 0.2) is 34.7 Å². The van der Waals surface area contributed by atoms with E-state index in [0.717, 1.165) is 30.9 Å². The van der Waals surface area contributed by atoms with Gasteiger partial charge in [0.2, 0.25) is 5.13 Å². The molecule has 0 bridgehead atoms. The van der Waals surface area contributed by atoms with Crippen molar-refractivity contribution in [1.29, 1.82) is 0 Å². The van der Waals surface area contributed by atoms with Crippen LogP contribution in [0.4, 0.5) is 9.93 Å². The van der Waals surface area contributed by atoms with Crippen molar-refractivity contribution in [2.24, 2.45) is 5.10 Å². The number of rotatable bonds is 10. The van der Waals surface area contributed by atoms with Crippen molar-refractivity contribution in [3.05, 3.63) is 40.9 Å². The standard InChI is InChI=1S/C25H35N5O5S/c1-5-33-22(31)16-20-18-36-23(27-20)28-26-17-19-6-8-21(9-7-19)34-15-14-29-10-12-30(13-11-29)24(32)35-25(2,3)4/h6-9,17-18H,5,10-16H2,1-4H3,(H,27,28). The fourth-order valence-corrected chi connectivity index (χ4v) is 4.04. The van der Waals surface area contributed by atoms with E-state index in [9.17, 15) is 9.59 Å². The molecule has 10 nitrogen and oxygen atoms in total. The van der Waals surface area contributed by atoms with E-state index in [0.29, 0.717) is 37.1 Å². The van der Waals surface area contributed by atoms with E-state index in [1.54, 1.807) is 18.0 Å². The summed E-state index contributed by atoms with van der Waals surface area (Å²) in [5.74, 6) is 0.497. The van der Waals surface area contributed by atoms with Gasteiger partial charge in [-0.05, 0) is 57.5 Å². The Labute approximate surface area is 216 Å². The van der Waals surface area contributed by atoms with Crippen LogP contribution in [0.1, 0.15) is 39.0 Å². The molecule has 0 atom stereocenters. The molecule has 1 aliphatic heterocycles. The molecule has 0 aliphatic carbocycles. The first-order chi connectivity index (χ1) is 17.2. The second-order valence-corrected chi connectivity index (χ2v) is 10.1. The molecule has 3 rings (SSSR count). The van der Waals surface area contributed by atoms with Gasteiger partial charge in [-0.25, -0.2) is 9.78 Å². The third kappa shape index (κ3) is 9.46. The van der Waals surface area contributed by atoms with Gasteiger partial charge in [-0.15, -0.1) is 11.3 Å². The first kappa shape index (κ1) is 27.4. The number of aromatic nitrogens is 1. The number of ether oxygens (including phenoxy) is 3. The summed E-state index contributed by atoms with van der Waals surface area (Å²) in [6.45, 7) is 12.0. The zero-order valence-corrected chi connectivity index (χ0v) is 22.2. The minimum atomic E-state index is -0.474. The molecule has 1 aromatic carbocycles. The van der Waals surface area contributed by atoms with Crippen molar-refractivity contribution in [1.82, 2.24) is 14.8 Å². The number of piperazine rings is 1. The quantitative estimate of drug-likeness (QED) is 0.289. The largest absolute Gasteiger partial charge is 0.492 e. The molecule has 0 saturated carbocycles. The van der Waals surface area contributed by atoms with Crippen LogP contribution >= 0.6 is 11.3 Å². The van der Waals surface area contributed by atoms with Gasteiger partial charge in [-0.1, -0.05) is 0 Å². The van der Waals surface area contributed by atoms with Crippen LogP contribution in [-0.4, -0.2) is 84.6 Å². The third-order valence-electron chi connectivity index (χ3n) is 5.14. The van der Waals surface area contributed by atoms with Crippen LogP contribution in [0.5, 0.6) is 5.75 Å².